The van der Waals surface area contributed by atoms with Crippen LogP contribution in [-0.2, 0) is 6.54 Å². The normalized spacial score (nSPS) is 11.1. The number of nitrogens with zero attached hydrogens (tertiary/aromatic N) is 1. The predicted molar refractivity (Wildman–Crippen MR) is 66.3 cm³/mol. The molecule has 0 spiro atoms. The van der Waals surface area contributed by atoms with Gasteiger partial charge in [0.15, 0.2) is 0 Å². The van der Waals surface area contributed by atoms with Gasteiger partial charge in [0, 0.05) is 5.56 Å². The van der Waals surface area contributed by atoms with Gasteiger partial charge in [-0.25, -0.2) is 0 Å². The number of hydrogen-bond donors (Lipinski definition) is 3. The summed E-state index contributed by atoms with van der Waals surface area (Å²) in [6, 6.07) is 9.96. The van der Waals surface area contributed by atoms with Crippen molar-refractivity contribution >= 4 is 0 Å². The van der Waals surface area contributed by atoms with Crippen molar-refractivity contribution < 1.29 is 32.2 Å². The van der Waals surface area contributed by atoms with Crippen LogP contribution in [0.1, 0.15) is 5.56 Å². The summed E-state index contributed by atoms with van der Waals surface area (Å²) in [5.41, 5.74) is 1.16. The van der Waals surface area contributed by atoms with Crippen LogP contribution < -0.4 is 12.4 Å². The summed E-state index contributed by atoms with van der Waals surface area (Å²) in [7, 11) is 0. The Balaban J connectivity index is 0.00000289. The lowest BCUT2D eigenvalue weighted by atomic mass is 10.1. The first kappa shape index (κ1) is 17.4. The van der Waals surface area contributed by atoms with E-state index in [4.69, 9.17) is 15.3 Å². The molecule has 1 rings (SSSR count). The van der Waals surface area contributed by atoms with E-state index < -0.39 is 0 Å². The molecule has 0 aromatic heterocycles. The molecule has 4 nitrogen and oxygen atoms in total. The van der Waals surface area contributed by atoms with E-state index in [1.165, 1.54) is 0 Å². The second kappa shape index (κ2) is 9.30. The molecule has 0 aliphatic rings. The Kier molecular flexibility index (Phi) is 8.97. The molecule has 0 fully saturated rings. The topological polar surface area (TPSA) is 60.7 Å². The summed E-state index contributed by atoms with van der Waals surface area (Å²) in [4.78, 5) is 0. The van der Waals surface area contributed by atoms with E-state index in [1.807, 2.05) is 30.3 Å². The van der Waals surface area contributed by atoms with E-state index >= 15 is 0 Å². The highest BCUT2D eigenvalue weighted by Gasteiger charge is 2.26. The molecule has 1 aromatic carbocycles. The molecular weight excluding hydrogens is 254 g/mol. The molecule has 0 radical (unpaired) electrons. The van der Waals surface area contributed by atoms with Gasteiger partial charge in [0.25, 0.3) is 0 Å². The minimum Gasteiger partial charge on any atom is -1.00 e. The molecular formula is C13H22ClNO3. The molecule has 1 aromatic rings. The first-order valence-corrected chi connectivity index (χ1v) is 5.98. The maximum absolute atomic E-state index is 9.15. The predicted octanol–water partition coefficient (Wildman–Crippen LogP) is -3.02. The SMILES string of the molecule is OCC[N+](CCO)(CCO)Cc1ccccc1.[Cl-]. The summed E-state index contributed by atoms with van der Waals surface area (Å²) < 4.78 is 0.521. The first-order chi connectivity index (χ1) is 8.26. The zero-order chi connectivity index (χ0) is 12.6. The molecule has 0 saturated heterocycles. The number of rotatable bonds is 8. The van der Waals surface area contributed by atoms with Crippen LogP contribution in [0.15, 0.2) is 30.3 Å². The van der Waals surface area contributed by atoms with Crippen LogP contribution in [0.3, 0.4) is 0 Å². The molecule has 0 saturated carbocycles. The number of hydrogen-bond acceptors (Lipinski definition) is 3. The van der Waals surface area contributed by atoms with Crippen LogP contribution >= 0.6 is 0 Å². The van der Waals surface area contributed by atoms with Crippen molar-refractivity contribution in [2.75, 3.05) is 39.5 Å². The largest absolute Gasteiger partial charge is 1.00 e. The zero-order valence-corrected chi connectivity index (χ0v) is 11.3. The first-order valence-electron chi connectivity index (χ1n) is 5.98. The lowest BCUT2D eigenvalue weighted by Gasteiger charge is -2.37. The Morgan fingerprint density at radius 3 is 1.61 bits per heavy atom. The minimum atomic E-state index is 0. The third-order valence-electron chi connectivity index (χ3n) is 3.08. The average molecular weight is 276 g/mol. The molecule has 5 heteroatoms. The Hall–Kier alpha value is -0.650. The monoisotopic (exact) mass is 275 g/mol. The van der Waals surface area contributed by atoms with Gasteiger partial charge in [-0.1, -0.05) is 30.3 Å². The Labute approximate surface area is 114 Å². The molecule has 104 valence electrons. The van der Waals surface area contributed by atoms with Crippen LogP contribution in [0.4, 0.5) is 0 Å². The van der Waals surface area contributed by atoms with Crippen molar-refractivity contribution in [2.45, 2.75) is 6.54 Å². The fourth-order valence-electron chi connectivity index (χ4n) is 2.18. The van der Waals surface area contributed by atoms with Gasteiger partial charge in [-0.2, -0.15) is 0 Å². The van der Waals surface area contributed by atoms with Gasteiger partial charge in [-0.05, 0) is 0 Å². The van der Waals surface area contributed by atoms with E-state index in [0.29, 0.717) is 24.1 Å². The van der Waals surface area contributed by atoms with Crippen LogP contribution in [-0.4, -0.2) is 59.3 Å². The van der Waals surface area contributed by atoms with Gasteiger partial charge in [0.1, 0.15) is 26.2 Å². The average Bonchev–Trinajstić information content (AvgIpc) is 2.31. The van der Waals surface area contributed by atoms with Crippen molar-refractivity contribution in [3.63, 3.8) is 0 Å². The quantitative estimate of drug-likeness (QED) is 0.443. The van der Waals surface area contributed by atoms with Gasteiger partial charge in [-0.15, -0.1) is 0 Å². The maximum atomic E-state index is 9.15. The molecule has 18 heavy (non-hydrogen) atoms. The van der Waals surface area contributed by atoms with Crippen LogP contribution in [0.5, 0.6) is 0 Å². The summed E-state index contributed by atoms with van der Waals surface area (Å²) >= 11 is 0. The van der Waals surface area contributed by atoms with Crippen molar-refractivity contribution in [1.82, 2.24) is 0 Å². The lowest BCUT2D eigenvalue weighted by molar-refractivity contribution is -0.941. The smallest absolute Gasteiger partial charge is 0.105 e. The standard InChI is InChI=1S/C13H22NO3.ClH/c15-9-6-14(7-10-16,8-11-17)12-13-4-2-1-3-5-13;/h1-5,15-17H,6-12H2;1H/q+1;/p-1. The zero-order valence-electron chi connectivity index (χ0n) is 10.5. The summed E-state index contributed by atoms with van der Waals surface area (Å²) in [5.74, 6) is 0. The Morgan fingerprint density at radius 1 is 0.778 bits per heavy atom. The molecule has 0 unspecified atom stereocenters. The van der Waals surface area contributed by atoms with Gasteiger partial charge >= 0.3 is 0 Å². The van der Waals surface area contributed by atoms with E-state index in [9.17, 15) is 0 Å². The molecule has 3 N–H and O–H groups in total. The fourth-order valence-corrected chi connectivity index (χ4v) is 2.18. The fraction of sp³-hybridized carbons (Fsp3) is 0.538. The molecule has 0 aliphatic heterocycles. The lowest BCUT2D eigenvalue weighted by Crippen LogP contribution is -3.00. The number of halogens is 1. The summed E-state index contributed by atoms with van der Waals surface area (Å²) in [5, 5.41) is 27.5. The van der Waals surface area contributed by atoms with Crippen molar-refractivity contribution in [3.8, 4) is 0 Å². The van der Waals surface area contributed by atoms with Gasteiger partial charge < -0.3 is 32.2 Å². The van der Waals surface area contributed by atoms with Crippen LogP contribution in [0.25, 0.3) is 0 Å². The number of aliphatic hydroxyl groups excluding tert-OH is 3. The van der Waals surface area contributed by atoms with Crippen LogP contribution in [0, 0.1) is 0 Å². The van der Waals surface area contributed by atoms with E-state index in [0.717, 1.165) is 12.1 Å². The molecule has 0 bridgehead atoms. The van der Waals surface area contributed by atoms with Crippen molar-refractivity contribution in [3.05, 3.63) is 35.9 Å². The van der Waals surface area contributed by atoms with Crippen molar-refractivity contribution in [2.24, 2.45) is 0 Å². The molecule has 0 heterocycles. The third kappa shape index (κ3) is 5.33. The van der Waals surface area contributed by atoms with Gasteiger partial charge in [0.2, 0.25) is 0 Å². The highest BCUT2D eigenvalue weighted by atomic mass is 35.5. The van der Waals surface area contributed by atoms with Crippen LogP contribution in [0.2, 0.25) is 0 Å². The maximum Gasteiger partial charge on any atom is 0.105 e. The van der Waals surface area contributed by atoms with E-state index in [-0.39, 0.29) is 32.2 Å². The highest BCUT2D eigenvalue weighted by Crippen LogP contribution is 2.13. The highest BCUT2D eigenvalue weighted by molar-refractivity contribution is 5.13. The third-order valence-corrected chi connectivity index (χ3v) is 3.08. The van der Waals surface area contributed by atoms with Gasteiger partial charge in [0.05, 0.1) is 19.8 Å². The second-order valence-electron chi connectivity index (χ2n) is 4.33. The molecule has 0 atom stereocenters. The number of quaternary nitrogens is 1. The molecule has 0 amide bonds. The van der Waals surface area contributed by atoms with E-state index in [2.05, 4.69) is 0 Å². The minimum absolute atomic E-state index is 0. The van der Waals surface area contributed by atoms with E-state index in [1.54, 1.807) is 0 Å². The van der Waals surface area contributed by atoms with Crippen molar-refractivity contribution in [1.29, 1.82) is 0 Å². The molecule has 0 aliphatic carbocycles. The number of aliphatic hydroxyl groups is 3. The summed E-state index contributed by atoms with van der Waals surface area (Å²) in [6.45, 7) is 2.57. The Morgan fingerprint density at radius 2 is 1.22 bits per heavy atom. The second-order valence-corrected chi connectivity index (χ2v) is 4.33. The Bertz CT molecular complexity index is 291. The summed E-state index contributed by atoms with van der Waals surface area (Å²) in [6.07, 6.45) is 0. The van der Waals surface area contributed by atoms with Gasteiger partial charge in [-0.3, -0.25) is 0 Å². The number of benzene rings is 1.